The number of imide groups is 1. The van der Waals surface area contributed by atoms with Crippen molar-refractivity contribution < 1.29 is 19.1 Å². The fourth-order valence-corrected chi connectivity index (χ4v) is 3.57. The SMILES string of the molecule is COc1ccc(N2C(=O)CC(N(Cc3ccccc3)C(=O)CC(C)(C)C)C2=O)cc1. The first-order chi connectivity index (χ1) is 14.2. The van der Waals surface area contributed by atoms with Gasteiger partial charge >= 0.3 is 0 Å². The minimum atomic E-state index is -0.811. The van der Waals surface area contributed by atoms with Gasteiger partial charge in [-0.25, -0.2) is 4.90 Å². The van der Waals surface area contributed by atoms with Gasteiger partial charge in [-0.05, 0) is 35.2 Å². The molecule has 6 heteroatoms. The molecule has 0 aromatic heterocycles. The zero-order valence-electron chi connectivity index (χ0n) is 17.9. The van der Waals surface area contributed by atoms with E-state index in [0.717, 1.165) is 5.56 Å². The molecule has 2 aromatic carbocycles. The highest BCUT2D eigenvalue weighted by Gasteiger charge is 2.44. The van der Waals surface area contributed by atoms with Gasteiger partial charge in [0.15, 0.2) is 0 Å². The number of ether oxygens (including phenoxy) is 1. The molecule has 0 N–H and O–H groups in total. The number of methoxy groups -OCH3 is 1. The highest BCUT2D eigenvalue weighted by Crippen LogP contribution is 2.30. The number of nitrogens with zero attached hydrogens (tertiary/aromatic N) is 2. The predicted molar refractivity (Wildman–Crippen MR) is 115 cm³/mol. The second-order valence-corrected chi connectivity index (χ2v) is 8.73. The molecule has 0 saturated carbocycles. The van der Waals surface area contributed by atoms with Crippen molar-refractivity contribution in [2.45, 2.75) is 46.2 Å². The summed E-state index contributed by atoms with van der Waals surface area (Å²) < 4.78 is 5.15. The number of rotatable bonds is 6. The Morgan fingerprint density at radius 1 is 1.07 bits per heavy atom. The molecule has 30 heavy (non-hydrogen) atoms. The third kappa shape index (κ3) is 4.87. The van der Waals surface area contributed by atoms with Crippen LogP contribution >= 0.6 is 0 Å². The van der Waals surface area contributed by atoms with Gasteiger partial charge in [0.1, 0.15) is 11.8 Å². The maximum absolute atomic E-state index is 13.3. The van der Waals surface area contributed by atoms with Crippen LogP contribution in [0, 0.1) is 5.41 Å². The van der Waals surface area contributed by atoms with E-state index < -0.39 is 6.04 Å². The fourth-order valence-electron chi connectivity index (χ4n) is 3.57. The number of hydrogen-bond acceptors (Lipinski definition) is 4. The van der Waals surface area contributed by atoms with Crippen LogP contribution in [0.25, 0.3) is 0 Å². The molecular weight excluding hydrogens is 380 g/mol. The van der Waals surface area contributed by atoms with Crippen molar-refractivity contribution in [3.05, 3.63) is 60.2 Å². The van der Waals surface area contributed by atoms with E-state index in [0.29, 0.717) is 17.9 Å². The molecule has 2 aromatic rings. The third-order valence-corrected chi connectivity index (χ3v) is 5.03. The normalized spacial score (nSPS) is 16.7. The van der Waals surface area contributed by atoms with E-state index in [1.165, 1.54) is 4.90 Å². The van der Waals surface area contributed by atoms with Gasteiger partial charge in [0, 0.05) is 13.0 Å². The molecular formula is C24H28N2O4. The first-order valence-electron chi connectivity index (χ1n) is 10.0. The predicted octanol–water partition coefficient (Wildman–Crippen LogP) is 3.79. The van der Waals surface area contributed by atoms with Crippen LogP contribution in [0.1, 0.15) is 39.2 Å². The quantitative estimate of drug-likeness (QED) is 0.682. The van der Waals surface area contributed by atoms with E-state index in [-0.39, 0.29) is 36.1 Å². The lowest BCUT2D eigenvalue weighted by molar-refractivity contribution is -0.140. The van der Waals surface area contributed by atoms with Crippen LogP contribution in [0.5, 0.6) is 5.75 Å². The number of carbonyl (C=O) groups is 3. The molecule has 1 fully saturated rings. The average molecular weight is 408 g/mol. The van der Waals surface area contributed by atoms with E-state index in [1.54, 1.807) is 36.3 Å². The molecule has 1 aliphatic rings. The van der Waals surface area contributed by atoms with Gasteiger partial charge in [0.2, 0.25) is 11.8 Å². The number of carbonyl (C=O) groups excluding carboxylic acids is 3. The molecule has 1 saturated heterocycles. The minimum absolute atomic E-state index is 0.0203. The largest absolute Gasteiger partial charge is 0.497 e. The fraction of sp³-hybridized carbons (Fsp3) is 0.375. The van der Waals surface area contributed by atoms with Gasteiger partial charge in [-0.1, -0.05) is 51.1 Å². The summed E-state index contributed by atoms with van der Waals surface area (Å²) >= 11 is 0. The molecule has 0 bridgehead atoms. The van der Waals surface area contributed by atoms with Crippen LogP contribution in [0.3, 0.4) is 0 Å². The summed E-state index contributed by atoms with van der Waals surface area (Å²) in [5.41, 5.74) is 1.17. The highest BCUT2D eigenvalue weighted by atomic mass is 16.5. The van der Waals surface area contributed by atoms with E-state index in [4.69, 9.17) is 4.74 Å². The van der Waals surface area contributed by atoms with Gasteiger partial charge in [-0.3, -0.25) is 14.4 Å². The topological polar surface area (TPSA) is 66.9 Å². The van der Waals surface area contributed by atoms with Crippen molar-refractivity contribution >= 4 is 23.4 Å². The molecule has 1 heterocycles. The molecule has 1 atom stereocenters. The maximum atomic E-state index is 13.3. The van der Waals surface area contributed by atoms with E-state index in [9.17, 15) is 14.4 Å². The summed E-state index contributed by atoms with van der Waals surface area (Å²) in [6, 6.07) is 15.5. The van der Waals surface area contributed by atoms with Gasteiger partial charge in [0.05, 0.1) is 19.2 Å². The number of benzene rings is 2. The van der Waals surface area contributed by atoms with Crippen LogP contribution in [0.4, 0.5) is 5.69 Å². The Morgan fingerprint density at radius 2 is 1.70 bits per heavy atom. The van der Waals surface area contributed by atoms with Crippen molar-refractivity contribution in [1.82, 2.24) is 4.90 Å². The first-order valence-corrected chi connectivity index (χ1v) is 10.0. The molecule has 158 valence electrons. The van der Waals surface area contributed by atoms with Crippen molar-refractivity contribution in [3.63, 3.8) is 0 Å². The van der Waals surface area contributed by atoms with E-state index in [2.05, 4.69) is 0 Å². The number of amides is 3. The highest BCUT2D eigenvalue weighted by molar-refractivity contribution is 6.23. The zero-order chi connectivity index (χ0) is 21.9. The van der Waals surface area contributed by atoms with Crippen molar-refractivity contribution in [3.8, 4) is 5.75 Å². The molecule has 3 amide bonds. The van der Waals surface area contributed by atoms with Gasteiger partial charge < -0.3 is 9.64 Å². The molecule has 1 aliphatic heterocycles. The Morgan fingerprint density at radius 3 is 2.27 bits per heavy atom. The first kappa shape index (κ1) is 21.6. The van der Waals surface area contributed by atoms with Crippen LogP contribution < -0.4 is 9.64 Å². The average Bonchev–Trinajstić information content (AvgIpc) is 2.99. The lowest BCUT2D eigenvalue weighted by Gasteiger charge is -2.30. The molecule has 0 radical (unpaired) electrons. The zero-order valence-corrected chi connectivity index (χ0v) is 17.9. The second-order valence-electron chi connectivity index (χ2n) is 8.73. The van der Waals surface area contributed by atoms with Crippen molar-refractivity contribution in [2.24, 2.45) is 5.41 Å². The van der Waals surface area contributed by atoms with E-state index in [1.807, 2.05) is 51.1 Å². The Balaban J connectivity index is 1.89. The van der Waals surface area contributed by atoms with Gasteiger partial charge in [-0.2, -0.15) is 0 Å². The lowest BCUT2D eigenvalue weighted by Crippen LogP contribution is -2.46. The Hall–Kier alpha value is -3.15. The Kier molecular flexibility index (Phi) is 6.25. The summed E-state index contributed by atoms with van der Waals surface area (Å²) in [6.07, 6.45) is 0.272. The maximum Gasteiger partial charge on any atom is 0.257 e. The minimum Gasteiger partial charge on any atom is -0.497 e. The monoisotopic (exact) mass is 408 g/mol. The summed E-state index contributed by atoms with van der Waals surface area (Å²) in [4.78, 5) is 41.9. The van der Waals surface area contributed by atoms with Crippen LogP contribution in [-0.2, 0) is 20.9 Å². The molecule has 0 spiro atoms. The molecule has 6 nitrogen and oxygen atoms in total. The van der Waals surface area contributed by atoms with Crippen LogP contribution in [-0.4, -0.2) is 35.8 Å². The lowest BCUT2D eigenvalue weighted by atomic mass is 9.91. The smallest absolute Gasteiger partial charge is 0.257 e. The summed E-state index contributed by atoms with van der Waals surface area (Å²) in [6.45, 7) is 6.24. The molecule has 1 unspecified atom stereocenters. The van der Waals surface area contributed by atoms with Crippen molar-refractivity contribution in [1.29, 1.82) is 0 Å². The molecule has 0 aliphatic carbocycles. The Labute approximate surface area is 177 Å². The third-order valence-electron chi connectivity index (χ3n) is 5.03. The van der Waals surface area contributed by atoms with Crippen molar-refractivity contribution in [2.75, 3.05) is 12.0 Å². The van der Waals surface area contributed by atoms with Crippen LogP contribution in [0.2, 0.25) is 0 Å². The molecule has 3 rings (SSSR count). The number of anilines is 1. The van der Waals surface area contributed by atoms with Gasteiger partial charge in [0.25, 0.3) is 5.91 Å². The second kappa shape index (κ2) is 8.69. The summed E-state index contributed by atoms with van der Waals surface area (Å²) in [5.74, 6) is -0.172. The summed E-state index contributed by atoms with van der Waals surface area (Å²) in [7, 11) is 1.56. The van der Waals surface area contributed by atoms with Gasteiger partial charge in [-0.15, -0.1) is 0 Å². The summed E-state index contributed by atoms with van der Waals surface area (Å²) in [5, 5.41) is 0. The number of hydrogen-bond donors (Lipinski definition) is 0. The standard InChI is InChI=1S/C24H28N2O4/c1-24(2,3)15-22(28)25(16-17-8-6-5-7-9-17)20-14-21(27)26(23(20)29)18-10-12-19(30-4)13-11-18/h5-13,20H,14-16H2,1-4H3. The van der Waals surface area contributed by atoms with Crippen LogP contribution in [0.15, 0.2) is 54.6 Å². The Bertz CT molecular complexity index is 916. The van der Waals surface area contributed by atoms with E-state index >= 15 is 0 Å².